The molecular formula is C22H28N6O4S. The highest BCUT2D eigenvalue weighted by atomic mass is 32.2. The number of aromatic amines is 2. The van der Waals surface area contributed by atoms with Crippen LogP contribution < -0.4 is 16.4 Å². The number of nitrogens with zero attached hydrogens (tertiary/aromatic N) is 1. The lowest BCUT2D eigenvalue weighted by Gasteiger charge is -2.22. The van der Waals surface area contributed by atoms with Gasteiger partial charge in [0.05, 0.1) is 12.4 Å². The van der Waals surface area contributed by atoms with Crippen molar-refractivity contribution < 1.29 is 19.5 Å². The third-order valence-corrected chi connectivity index (χ3v) is 5.93. The largest absolute Gasteiger partial charge is 0.480 e. The summed E-state index contributed by atoms with van der Waals surface area (Å²) < 4.78 is 0. The van der Waals surface area contributed by atoms with Gasteiger partial charge in [-0.3, -0.25) is 9.59 Å². The van der Waals surface area contributed by atoms with E-state index in [9.17, 15) is 19.5 Å². The summed E-state index contributed by atoms with van der Waals surface area (Å²) in [6.45, 7) is 0. The van der Waals surface area contributed by atoms with Crippen molar-refractivity contribution in [2.75, 3.05) is 12.0 Å². The molecule has 3 aromatic rings. The molecule has 10 nitrogen and oxygen atoms in total. The maximum Gasteiger partial charge on any atom is 0.326 e. The SMILES string of the molecule is CSCC[C@H](NC(=O)[C@@H](N)Cc1cnc[nH]1)C(=O)N[C@@H](Cc1c[nH]c2ccccc12)C(=O)O. The Hall–Kier alpha value is -3.31. The number of aromatic nitrogens is 3. The van der Waals surface area contributed by atoms with Crippen molar-refractivity contribution >= 4 is 40.4 Å². The first-order valence-electron chi connectivity index (χ1n) is 10.5. The van der Waals surface area contributed by atoms with Crippen LogP contribution in [0.5, 0.6) is 0 Å². The molecule has 0 spiro atoms. The number of carbonyl (C=O) groups excluding carboxylic acids is 2. The predicted octanol–water partition coefficient (Wildman–Crippen LogP) is 0.811. The molecule has 1 aromatic carbocycles. The van der Waals surface area contributed by atoms with Crippen molar-refractivity contribution in [2.24, 2.45) is 5.73 Å². The van der Waals surface area contributed by atoms with Gasteiger partial charge in [-0.2, -0.15) is 11.8 Å². The fourth-order valence-electron chi connectivity index (χ4n) is 3.50. The molecule has 0 fully saturated rings. The minimum absolute atomic E-state index is 0.105. The number of para-hydroxylation sites is 1. The van der Waals surface area contributed by atoms with Crippen molar-refractivity contribution in [1.82, 2.24) is 25.6 Å². The Labute approximate surface area is 195 Å². The van der Waals surface area contributed by atoms with Crippen molar-refractivity contribution in [3.8, 4) is 0 Å². The molecular weight excluding hydrogens is 444 g/mol. The zero-order valence-corrected chi connectivity index (χ0v) is 19.0. The van der Waals surface area contributed by atoms with E-state index >= 15 is 0 Å². The fraction of sp³-hybridized carbons (Fsp3) is 0.364. The second-order valence-corrected chi connectivity index (χ2v) is 8.68. The Morgan fingerprint density at radius 1 is 1.12 bits per heavy atom. The lowest BCUT2D eigenvalue weighted by molar-refractivity contribution is -0.142. The monoisotopic (exact) mass is 472 g/mol. The molecule has 0 unspecified atom stereocenters. The number of nitrogens with two attached hydrogens (primary N) is 1. The highest BCUT2D eigenvalue weighted by Gasteiger charge is 2.28. The Kier molecular flexibility index (Phi) is 8.50. The van der Waals surface area contributed by atoms with Gasteiger partial charge < -0.3 is 31.4 Å². The van der Waals surface area contributed by atoms with Gasteiger partial charge in [-0.1, -0.05) is 18.2 Å². The molecule has 3 atom stereocenters. The lowest BCUT2D eigenvalue weighted by Crippen LogP contribution is -2.55. The van der Waals surface area contributed by atoms with E-state index in [1.165, 1.54) is 18.1 Å². The van der Waals surface area contributed by atoms with Gasteiger partial charge in [-0.15, -0.1) is 0 Å². The number of carbonyl (C=O) groups is 3. The predicted molar refractivity (Wildman–Crippen MR) is 127 cm³/mol. The summed E-state index contributed by atoms with van der Waals surface area (Å²) in [5.41, 5.74) is 8.36. The van der Waals surface area contributed by atoms with Crippen LogP contribution in [-0.4, -0.2) is 68.0 Å². The zero-order chi connectivity index (χ0) is 23.8. The molecule has 2 aromatic heterocycles. The molecule has 0 aliphatic carbocycles. The highest BCUT2D eigenvalue weighted by Crippen LogP contribution is 2.19. The maximum absolute atomic E-state index is 13.0. The molecule has 0 radical (unpaired) electrons. The number of rotatable bonds is 12. The number of nitrogens with one attached hydrogen (secondary N) is 4. The van der Waals surface area contributed by atoms with E-state index in [1.54, 1.807) is 12.4 Å². The molecule has 33 heavy (non-hydrogen) atoms. The third-order valence-electron chi connectivity index (χ3n) is 5.29. The summed E-state index contributed by atoms with van der Waals surface area (Å²) in [6.07, 6.45) is 7.39. The molecule has 2 heterocycles. The number of hydrogen-bond acceptors (Lipinski definition) is 6. The minimum Gasteiger partial charge on any atom is -0.480 e. The third kappa shape index (κ3) is 6.59. The molecule has 0 aliphatic heterocycles. The molecule has 0 saturated heterocycles. The number of benzene rings is 1. The number of thioether (sulfide) groups is 1. The van der Waals surface area contributed by atoms with E-state index in [1.807, 2.05) is 30.5 Å². The van der Waals surface area contributed by atoms with Gasteiger partial charge in [0.2, 0.25) is 11.8 Å². The van der Waals surface area contributed by atoms with E-state index in [-0.39, 0.29) is 12.8 Å². The number of fused-ring (bicyclic) bond motifs is 1. The van der Waals surface area contributed by atoms with E-state index in [2.05, 4.69) is 25.6 Å². The van der Waals surface area contributed by atoms with Crippen LogP contribution in [0.25, 0.3) is 10.9 Å². The highest BCUT2D eigenvalue weighted by molar-refractivity contribution is 7.98. The smallest absolute Gasteiger partial charge is 0.326 e. The summed E-state index contributed by atoms with van der Waals surface area (Å²) >= 11 is 1.52. The summed E-state index contributed by atoms with van der Waals surface area (Å²) in [6, 6.07) is 4.62. The maximum atomic E-state index is 13.0. The zero-order valence-electron chi connectivity index (χ0n) is 18.2. The van der Waals surface area contributed by atoms with E-state index < -0.39 is 35.9 Å². The van der Waals surface area contributed by atoms with E-state index in [0.29, 0.717) is 17.9 Å². The number of hydrogen-bond donors (Lipinski definition) is 6. The second-order valence-electron chi connectivity index (χ2n) is 7.69. The standard InChI is InChI=1S/C22H28N6O4S/c1-33-7-6-18(27-20(29)16(23)9-14-11-24-12-26-14)21(30)28-19(22(31)32)8-13-10-25-17-5-3-2-4-15(13)17/h2-5,10-12,16,18-19,25H,6-9,23H2,1H3,(H,24,26)(H,27,29)(H,28,30)(H,31,32)/t16-,18-,19-/m0/s1. The van der Waals surface area contributed by atoms with Crippen LogP contribution in [0.15, 0.2) is 43.0 Å². The summed E-state index contributed by atoms with van der Waals surface area (Å²) in [5, 5.41) is 15.9. The minimum atomic E-state index is -1.15. The Morgan fingerprint density at radius 3 is 2.58 bits per heavy atom. The number of carboxylic acid groups (broad SMARTS) is 1. The first kappa shape index (κ1) is 24.3. The van der Waals surface area contributed by atoms with Crippen LogP contribution in [0, 0.1) is 0 Å². The summed E-state index contributed by atoms with van der Waals surface area (Å²) in [5.74, 6) is -1.60. The van der Waals surface area contributed by atoms with Crippen LogP contribution in [-0.2, 0) is 27.2 Å². The van der Waals surface area contributed by atoms with Crippen LogP contribution in [0.4, 0.5) is 0 Å². The molecule has 3 rings (SSSR count). The number of aliphatic carboxylic acids is 1. The Bertz CT molecular complexity index is 1080. The van der Waals surface area contributed by atoms with Gasteiger partial charge in [0, 0.05) is 41.8 Å². The second kappa shape index (κ2) is 11.5. The van der Waals surface area contributed by atoms with Gasteiger partial charge >= 0.3 is 5.97 Å². The topological polar surface area (TPSA) is 166 Å². The number of imidazole rings is 1. The molecule has 0 bridgehead atoms. The quantitative estimate of drug-likeness (QED) is 0.227. The summed E-state index contributed by atoms with van der Waals surface area (Å²) in [4.78, 5) is 47.3. The Balaban J connectivity index is 1.67. The lowest BCUT2D eigenvalue weighted by atomic mass is 10.0. The fourth-order valence-corrected chi connectivity index (χ4v) is 3.97. The van der Waals surface area contributed by atoms with E-state index in [4.69, 9.17) is 5.73 Å². The molecule has 11 heteroatoms. The van der Waals surface area contributed by atoms with Crippen LogP contribution in [0.1, 0.15) is 17.7 Å². The molecule has 0 aliphatic rings. The number of H-pyrrole nitrogens is 2. The van der Waals surface area contributed by atoms with Crippen molar-refractivity contribution in [3.05, 3.63) is 54.2 Å². The molecule has 7 N–H and O–H groups in total. The van der Waals surface area contributed by atoms with Crippen LogP contribution >= 0.6 is 11.8 Å². The molecule has 0 saturated carbocycles. The van der Waals surface area contributed by atoms with Gasteiger partial charge in [0.25, 0.3) is 0 Å². The van der Waals surface area contributed by atoms with Crippen molar-refractivity contribution in [3.63, 3.8) is 0 Å². The average molecular weight is 473 g/mol. The Morgan fingerprint density at radius 2 is 1.88 bits per heavy atom. The normalized spacial score (nSPS) is 13.9. The number of carboxylic acids is 1. The van der Waals surface area contributed by atoms with Gasteiger partial charge in [-0.25, -0.2) is 9.78 Å². The van der Waals surface area contributed by atoms with Crippen molar-refractivity contribution in [1.29, 1.82) is 0 Å². The van der Waals surface area contributed by atoms with Gasteiger partial charge in [0.15, 0.2) is 0 Å². The van der Waals surface area contributed by atoms with Crippen LogP contribution in [0.3, 0.4) is 0 Å². The average Bonchev–Trinajstić information content (AvgIpc) is 3.45. The van der Waals surface area contributed by atoms with Crippen LogP contribution in [0.2, 0.25) is 0 Å². The van der Waals surface area contributed by atoms with E-state index in [0.717, 1.165) is 16.5 Å². The first-order chi connectivity index (χ1) is 15.9. The van der Waals surface area contributed by atoms with Gasteiger partial charge in [-0.05, 0) is 30.1 Å². The van der Waals surface area contributed by atoms with Gasteiger partial charge in [0.1, 0.15) is 12.1 Å². The molecule has 2 amide bonds. The molecule has 176 valence electrons. The summed E-state index contributed by atoms with van der Waals surface area (Å²) in [7, 11) is 0. The van der Waals surface area contributed by atoms with Crippen molar-refractivity contribution in [2.45, 2.75) is 37.4 Å². The first-order valence-corrected chi connectivity index (χ1v) is 11.9. The number of amides is 2.